The monoisotopic (exact) mass is 336 g/mol. The first-order valence-corrected chi connectivity index (χ1v) is 7.47. The van der Waals surface area contributed by atoms with E-state index in [4.69, 9.17) is 16.0 Å². The van der Waals surface area contributed by atoms with Crippen molar-refractivity contribution < 1.29 is 18.4 Å². The summed E-state index contributed by atoms with van der Waals surface area (Å²) in [6.45, 7) is 2.31. The number of benzene rings is 1. The van der Waals surface area contributed by atoms with Gasteiger partial charge < -0.3 is 14.2 Å². The van der Waals surface area contributed by atoms with Crippen molar-refractivity contribution in [3.63, 3.8) is 0 Å². The minimum Gasteiger partial charge on any atom is -0.459 e. The highest BCUT2D eigenvalue weighted by atomic mass is 35.5. The third-order valence-corrected chi connectivity index (χ3v) is 4.15. The lowest BCUT2D eigenvalue weighted by atomic mass is 10.1. The molecule has 23 heavy (non-hydrogen) atoms. The van der Waals surface area contributed by atoms with Gasteiger partial charge >= 0.3 is 0 Å². The SMILES string of the molecule is C[C@@H]1C(=O)N(c2ccc(F)c(Cl)c2)CCN1C(=O)c1ccco1. The average molecular weight is 337 g/mol. The Kier molecular flexibility index (Phi) is 4.09. The standard InChI is InChI=1S/C16H14ClFN2O3/c1-10-15(21)20(11-4-5-13(18)12(17)9-11)7-6-19(10)16(22)14-3-2-8-23-14/h2-5,8-10H,6-7H2,1H3/t10-/m1/s1. The van der Waals surface area contributed by atoms with Crippen molar-refractivity contribution in [3.8, 4) is 0 Å². The van der Waals surface area contributed by atoms with Crippen molar-refractivity contribution in [2.24, 2.45) is 0 Å². The highest BCUT2D eigenvalue weighted by molar-refractivity contribution is 6.31. The minimum absolute atomic E-state index is 0.0444. The van der Waals surface area contributed by atoms with Gasteiger partial charge in [0.05, 0.1) is 11.3 Å². The molecule has 1 aliphatic heterocycles. The molecular formula is C16H14ClFN2O3. The molecular weight excluding hydrogens is 323 g/mol. The third kappa shape index (κ3) is 2.82. The van der Waals surface area contributed by atoms with E-state index in [1.165, 1.54) is 34.3 Å². The maximum atomic E-state index is 13.3. The quantitative estimate of drug-likeness (QED) is 0.847. The van der Waals surface area contributed by atoms with E-state index in [-0.39, 0.29) is 22.6 Å². The zero-order valence-corrected chi connectivity index (χ0v) is 13.1. The normalized spacial score (nSPS) is 18.4. The molecule has 1 fully saturated rings. The first kappa shape index (κ1) is 15.6. The van der Waals surface area contributed by atoms with E-state index in [0.29, 0.717) is 18.8 Å². The van der Waals surface area contributed by atoms with Crippen LogP contribution in [-0.4, -0.2) is 35.8 Å². The van der Waals surface area contributed by atoms with Crippen LogP contribution < -0.4 is 4.90 Å². The fourth-order valence-corrected chi connectivity index (χ4v) is 2.77. The second-order valence-corrected chi connectivity index (χ2v) is 5.65. The summed E-state index contributed by atoms with van der Waals surface area (Å²) in [6.07, 6.45) is 1.41. The number of furan rings is 1. The van der Waals surface area contributed by atoms with Gasteiger partial charge in [0.1, 0.15) is 11.9 Å². The summed E-state index contributed by atoms with van der Waals surface area (Å²) in [4.78, 5) is 27.9. The lowest BCUT2D eigenvalue weighted by Crippen LogP contribution is -2.57. The van der Waals surface area contributed by atoms with Crippen LogP contribution in [-0.2, 0) is 4.79 Å². The molecule has 3 rings (SSSR count). The fourth-order valence-electron chi connectivity index (χ4n) is 2.60. The van der Waals surface area contributed by atoms with Crippen molar-refractivity contribution in [2.75, 3.05) is 18.0 Å². The van der Waals surface area contributed by atoms with E-state index in [1.54, 1.807) is 19.1 Å². The Labute approximate surface area is 137 Å². The first-order chi connectivity index (χ1) is 11.0. The summed E-state index contributed by atoms with van der Waals surface area (Å²) >= 11 is 5.77. The molecule has 7 heteroatoms. The van der Waals surface area contributed by atoms with Crippen LogP contribution in [0.25, 0.3) is 0 Å². The summed E-state index contributed by atoms with van der Waals surface area (Å²) in [5.41, 5.74) is 0.512. The third-order valence-electron chi connectivity index (χ3n) is 3.86. The van der Waals surface area contributed by atoms with Crippen LogP contribution >= 0.6 is 11.6 Å². The van der Waals surface area contributed by atoms with E-state index in [0.717, 1.165) is 0 Å². The van der Waals surface area contributed by atoms with Gasteiger partial charge in [0.2, 0.25) is 5.91 Å². The van der Waals surface area contributed by atoms with E-state index >= 15 is 0 Å². The predicted octanol–water partition coefficient (Wildman–Crippen LogP) is 2.95. The number of carbonyl (C=O) groups is 2. The summed E-state index contributed by atoms with van der Waals surface area (Å²) in [7, 11) is 0. The van der Waals surface area contributed by atoms with E-state index in [9.17, 15) is 14.0 Å². The maximum Gasteiger partial charge on any atom is 0.290 e. The van der Waals surface area contributed by atoms with Gasteiger partial charge in [0.25, 0.3) is 5.91 Å². The van der Waals surface area contributed by atoms with Gasteiger partial charge in [-0.15, -0.1) is 0 Å². The molecule has 0 unspecified atom stereocenters. The van der Waals surface area contributed by atoms with Gasteiger partial charge in [-0.3, -0.25) is 9.59 Å². The van der Waals surface area contributed by atoms with Crippen LogP contribution in [0.15, 0.2) is 41.0 Å². The number of piperazine rings is 1. The number of hydrogen-bond acceptors (Lipinski definition) is 3. The van der Waals surface area contributed by atoms with Crippen molar-refractivity contribution in [1.82, 2.24) is 4.90 Å². The van der Waals surface area contributed by atoms with Crippen LogP contribution in [0.2, 0.25) is 5.02 Å². The number of nitrogens with zero attached hydrogens (tertiary/aromatic N) is 2. The smallest absolute Gasteiger partial charge is 0.290 e. The maximum absolute atomic E-state index is 13.3. The molecule has 0 N–H and O–H groups in total. The van der Waals surface area contributed by atoms with Crippen LogP contribution in [0, 0.1) is 5.82 Å². The molecule has 0 saturated carbocycles. The number of anilines is 1. The zero-order valence-electron chi connectivity index (χ0n) is 12.3. The number of halogens is 2. The second kappa shape index (κ2) is 6.04. The molecule has 0 radical (unpaired) electrons. The van der Waals surface area contributed by atoms with Gasteiger partial charge in [-0.1, -0.05) is 11.6 Å². The Morgan fingerprint density at radius 3 is 2.78 bits per heavy atom. The molecule has 2 heterocycles. The van der Waals surface area contributed by atoms with Crippen LogP contribution in [0.4, 0.5) is 10.1 Å². The van der Waals surface area contributed by atoms with Gasteiger partial charge in [0.15, 0.2) is 5.76 Å². The van der Waals surface area contributed by atoms with E-state index < -0.39 is 11.9 Å². The van der Waals surface area contributed by atoms with Gasteiger partial charge in [-0.05, 0) is 37.3 Å². The number of rotatable bonds is 2. The summed E-state index contributed by atoms with van der Waals surface area (Å²) in [6, 6.07) is 6.66. The highest BCUT2D eigenvalue weighted by Crippen LogP contribution is 2.26. The highest BCUT2D eigenvalue weighted by Gasteiger charge is 2.36. The first-order valence-electron chi connectivity index (χ1n) is 7.10. The molecule has 0 bridgehead atoms. The lowest BCUT2D eigenvalue weighted by Gasteiger charge is -2.38. The Bertz CT molecular complexity index is 748. The second-order valence-electron chi connectivity index (χ2n) is 5.24. The summed E-state index contributed by atoms with van der Waals surface area (Å²) in [5, 5.41) is -0.0444. The minimum atomic E-state index is -0.648. The zero-order chi connectivity index (χ0) is 16.6. The Balaban J connectivity index is 1.81. The molecule has 5 nitrogen and oxygen atoms in total. The lowest BCUT2D eigenvalue weighted by molar-refractivity contribution is -0.124. The van der Waals surface area contributed by atoms with Crippen LogP contribution in [0.1, 0.15) is 17.5 Å². The number of amides is 2. The molecule has 1 atom stereocenters. The largest absolute Gasteiger partial charge is 0.459 e. The van der Waals surface area contributed by atoms with Gasteiger partial charge in [-0.25, -0.2) is 4.39 Å². The molecule has 1 saturated heterocycles. The summed E-state index contributed by atoms with van der Waals surface area (Å²) < 4.78 is 18.4. The van der Waals surface area contributed by atoms with Crippen molar-refractivity contribution in [1.29, 1.82) is 0 Å². The molecule has 1 aliphatic rings. The Morgan fingerprint density at radius 2 is 2.13 bits per heavy atom. The summed E-state index contributed by atoms with van der Waals surface area (Å²) in [5.74, 6) is -0.919. The topological polar surface area (TPSA) is 53.8 Å². The molecule has 1 aromatic heterocycles. The number of hydrogen-bond donors (Lipinski definition) is 0. The van der Waals surface area contributed by atoms with Gasteiger partial charge in [0, 0.05) is 18.8 Å². The Hall–Kier alpha value is -2.34. The van der Waals surface area contributed by atoms with Crippen molar-refractivity contribution in [3.05, 3.63) is 53.2 Å². The molecule has 2 amide bonds. The average Bonchev–Trinajstić information content (AvgIpc) is 3.06. The van der Waals surface area contributed by atoms with Gasteiger partial charge in [-0.2, -0.15) is 0 Å². The molecule has 2 aromatic rings. The van der Waals surface area contributed by atoms with Crippen molar-refractivity contribution in [2.45, 2.75) is 13.0 Å². The van der Waals surface area contributed by atoms with E-state index in [1.807, 2.05) is 0 Å². The van der Waals surface area contributed by atoms with E-state index in [2.05, 4.69) is 0 Å². The molecule has 1 aromatic carbocycles. The molecule has 0 spiro atoms. The van der Waals surface area contributed by atoms with Crippen LogP contribution in [0.3, 0.4) is 0 Å². The Morgan fingerprint density at radius 1 is 1.35 bits per heavy atom. The molecule has 120 valence electrons. The number of carbonyl (C=O) groups excluding carboxylic acids is 2. The molecule has 0 aliphatic carbocycles. The van der Waals surface area contributed by atoms with Crippen molar-refractivity contribution >= 4 is 29.1 Å². The predicted molar refractivity (Wildman–Crippen MR) is 83.0 cm³/mol. The fraction of sp³-hybridized carbons (Fsp3) is 0.250. The van der Waals surface area contributed by atoms with Crippen LogP contribution in [0.5, 0.6) is 0 Å².